The molecular formula is C10H11F2NO. The Morgan fingerprint density at radius 1 is 1.50 bits per heavy atom. The zero-order valence-corrected chi connectivity index (χ0v) is 8.01. The van der Waals surface area contributed by atoms with Crippen molar-refractivity contribution in [3.63, 3.8) is 0 Å². The van der Waals surface area contributed by atoms with Crippen molar-refractivity contribution < 1.29 is 13.9 Å². The molecule has 0 fully saturated rings. The molecule has 0 saturated heterocycles. The van der Waals surface area contributed by atoms with Crippen LogP contribution < -0.4 is 0 Å². The molecule has 76 valence electrons. The number of alkyl halides is 2. The lowest BCUT2D eigenvalue weighted by Crippen LogP contribution is -2.11. The molecule has 0 amide bonds. The lowest BCUT2D eigenvalue weighted by atomic mass is 10.1. The highest BCUT2D eigenvalue weighted by Crippen LogP contribution is 2.26. The molecule has 0 atom stereocenters. The predicted octanol–water partition coefficient (Wildman–Crippen LogP) is 3.03. The van der Waals surface area contributed by atoms with Gasteiger partial charge in [0.25, 0.3) is 5.92 Å². The van der Waals surface area contributed by atoms with E-state index in [1.165, 1.54) is 12.1 Å². The third-order valence-corrected chi connectivity index (χ3v) is 1.85. The summed E-state index contributed by atoms with van der Waals surface area (Å²) in [6.45, 7) is 5.63. The minimum absolute atomic E-state index is 0.166. The first-order chi connectivity index (χ1) is 6.32. The van der Waals surface area contributed by atoms with E-state index < -0.39 is 5.92 Å². The Labute approximate surface area is 80.9 Å². The SMILES string of the molecule is C=C(O)c1ccc(C(C)(F)F)nc1C. The summed E-state index contributed by atoms with van der Waals surface area (Å²) in [5, 5.41) is 9.08. The average Bonchev–Trinajstić information content (AvgIpc) is 2.01. The highest BCUT2D eigenvalue weighted by atomic mass is 19.3. The number of nitrogens with zero attached hydrogens (tertiary/aromatic N) is 1. The third kappa shape index (κ3) is 2.07. The van der Waals surface area contributed by atoms with E-state index in [2.05, 4.69) is 11.6 Å². The van der Waals surface area contributed by atoms with Crippen molar-refractivity contribution in [1.82, 2.24) is 4.98 Å². The van der Waals surface area contributed by atoms with E-state index in [0.717, 1.165) is 6.92 Å². The smallest absolute Gasteiger partial charge is 0.286 e. The maximum Gasteiger partial charge on any atom is 0.286 e. The van der Waals surface area contributed by atoms with Gasteiger partial charge in [0, 0.05) is 18.2 Å². The zero-order chi connectivity index (χ0) is 10.9. The van der Waals surface area contributed by atoms with E-state index in [1.54, 1.807) is 6.92 Å². The Balaban J connectivity index is 3.20. The molecular weight excluding hydrogens is 188 g/mol. The normalized spacial score (nSPS) is 11.4. The van der Waals surface area contributed by atoms with Crippen LogP contribution in [-0.4, -0.2) is 10.1 Å². The van der Waals surface area contributed by atoms with Crippen LogP contribution in [0.1, 0.15) is 23.9 Å². The topological polar surface area (TPSA) is 33.1 Å². The van der Waals surface area contributed by atoms with Crippen LogP contribution in [0.5, 0.6) is 0 Å². The van der Waals surface area contributed by atoms with Crippen LogP contribution in [0, 0.1) is 6.92 Å². The second-order valence-electron chi connectivity index (χ2n) is 3.16. The van der Waals surface area contributed by atoms with Gasteiger partial charge < -0.3 is 5.11 Å². The molecule has 0 bridgehead atoms. The molecule has 0 saturated carbocycles. The Morgan fingerprint density at radius 3 is 2.43 bits per heavy atom. The number of aromatic nitrogens is 1. The summed E-state index contributed by atoms with van der Waals surface area (Å²) in [5.41, 5.74) is 0.425. The van der Waals surface area contributed by atoms with Crippen molar-refractivity contribution in [2.45, 2.75) is 19.8 Å². The van der Waals surface area contributed by atoms with Crippen molar-refractivity contribution in [2.24, 2.45) is 0 Å². The van der Waals surface area contributed by atoms with Crippen molar-refractivity contribution in [3.05, 3.63) is 35.7 Å². The quantitative estimate of drug-likeness (QED) is 0.742. The maximum atomic E-state index is 12.8. The molecule has 0 aliphatic carbocycles. The van der Waals surface area contributed by atoms with Crippen molar-refractivity contribution in [2.75, 3.05) is 0 Å². The van der Waals surface area contributed by atoms with Gasteiger partial charge in [0.1, 0.15) is 11.5 Å². The van der Waals surface area contributed by atoms with Crippen LogP contribution in [0.15, 0.2) is 18.7 Å². The van der Waals surface area contributed by atoms with E-state index in [4.69, 9.17) is 5.11 Å². The fraction of sp³-hybridized carbons (Fsp3) is 0.300. The highest BCUT2D eigenvalue weighted by Gasteiger charge is 2.26. The largest absolute Gasteiger partial charge is 0.508 e. The molecule has 4 heteroatoms. The molecule has 0 radical (unpaired) electrons. The van der Waals surface area contributed by atoms with E-state index >= 15 is 0 Å². The monoisotopic (exact) mass is 199 g/mol. The summed E-state index contributed by atoms with van der Waals surface area (Å²) in [7, 11) is 0. The predicted molar refractivity (Wildman–Crippen MR) is 50.2 cm³/mol. The van der Waals surface area contributed by atoms with E-state index in [-0.39, 0.29) is 11.5 Å². The Bertz CT molecular complexity index is 369. The van der Waals surface area contributed by atoms with Gasteiger partial charge in [0.2, 0.25) is 0 Å². The number of hydrogen-bond acceptors (Lipinski definition) is 2. The number of pyridine rings is 1. The van der Waals surface area contributed by atoms with Gasteiger partial charge in [0.05, 0.1) is 0 Å². The van der Waals surface area contributed by atoms with Gasteiger partial charge in [-0.1, -0.05) is 6.58 Å². The van der Waals surface area contributed by atoms with Crippen LogP contribution in [0.3, 0.4) is 0 Å². The molecule has 1 aromatic heterocycles. The summed E-state index contributed by atoms with van der Waals surface area (Å²) in [6.07, 6.45) is 0. The second-order valence-corrected chi connectivity index (χ2v) is 3.16. The van der Waals surface area contributed by atoms with Crippen LogP contribution >= 0.6 is 0 Å². The summed E-state index contributed by atoms with van der Waals surface area (Å²) >= 11 is 0. The van der Waals surface area contributed by atoms with E-state index in [1.807, 2.05) is 0 Å². The zero-order valence-electron chi connectivity index (χ0n) is 8.01. The molecule has 1 heterocycles. The fourth-order valence-corrected chi connectivity index (χ4v) is 1.11. The lowest BCUT2D eigenvalue weighted by molar-refractivity contribution is 0.0126. The maximum absolute atomic E-state index is 12.8. The van der Waals surface area contributed by atoms with Crippen LogP contribution in [0.2, 0.25) is 0 Å². The van der Waals surface area contributed by atoms with Gasteiger partial charge in [-0.15, -0.1) is 0 Å². The molecule has 0 aliphatic heterocycles. The summed E-state index contributed by atoms with van der Waals surface area (Å²) in [4.78, 5) is 3.69. The van der Waals surface area contributed by atoms with E-state index in [9.17, 15) is 8.78 Å². The average molecular weight is 199 g/mol. The first kappa shape index (κ1) is 10.6. The minimum atomic E-state index is -2.96. The standard InChI is InChI=1S/C10H11F2NO/c1-6-8(7(2)14)4-5-9(13-6)10(3,11)12/h4-5,14H,2H2,1,3H3. The number of hydrogen-bond donors (Lipinski definition) is 1. The lowest BCUT2D eigenvalue weighted by Gasteiger charge is -2.11. The number of rotatable bonds is 2. The molecule has 14 heavy (non-hydrogen) atoms. The molecule has 1 aromatic rings. The van der Waals surface area contributed by atoms with Gasteiger partial charge in [-0.3, -0.25) is 4.98 Å². The molecule has 0 aromatic carbocycles. The molecule has 0 aliphatic rings. The minimum Gasteiger partial charge on any atom is -0.508 e. The molecule has 1 rings (SSSR count). The van der Waals surface area contributed by atoms with Crippen LogP contribution in [0.25, 0.3) is 5.76 Å². The first-order valence-electron chi connectivity index (χ1n) is 4.06. The Morgan fingerprint density at radius 2 is 2.07 bits per heavy atom. The number of halogens is 2. The molecule has 0 spiro atoms. The van der Waals surface area contributed by atoms with Gasteiger partial charge in [0.15, 0.2) is 0 Å². The van der Waals surface area contributed by atoms with Gasteiger partial charge >= 0.3 is 0 Å². The third-order valence-electron chi connectivity index (χ3n) is 1.85. The Hall–Kier alpha value is -1.45. The fourth-order valence-electron chi connectivity index (χ4n) is 1.11. The first-order valence-corrected chi connectivity index (χ1v) is 4.06. The summed E-state index contributed by atoms with van der Waals surface area (Å²) in [5.74, 6) is -3.12. The van der Waals surface area contributed by atoms with Crippen LogP contribution in [0.4, 0.5) is 8.78 Å². The summed E-state index contributed by atoms with van der Waals surface area (Å²) < 4.78 is 25.6. The van der Waals surface area contributed by atoms with E-state index in [0.29, 0.717) is 11.3 Å². The molecule has 2 nitrogen and oxygen atoms in total. The second kappa shape index (κ2) is 3.36. The van der Waals surface area contributed by atoms with Gasteiger partial charge in [-0.2, -0.15) is 8.78 Å². The van der Waals surface area contributed by atoms with Crippen molar-refractivity contribution >= 4 is 5.76 Å². The summed E-state index contributed by atoms with van der Waals surface area (Å²) in [6, 6.07) is 2.57. The van der Waals surface area contributed by atoms with Gasteiger partial charge in [-0.25, -0.2) is 0 Å². The molecule has 1 N–H and O–H groups in total. The number of aliphatic hydroxyl groups excluding tert-OH is 1. The highest BCUT2D eigenvalue weighted by molar-refractivity contribution is 5.58. The van der Waals surface area contributed by atoms with Crippen molar-refractivity contribution in [1.29, 1.82) is 0 Å². The number of aryl methyl sites for hydroxylation is 1. The Kier molecular flexibility index (Phi) is 2.55. The van der Waals surface area contributed by atoms with Crippen LogP contribution in [-0.2, 0) is 5.92 Å². The number of aliphatic hydroxyl groups is 1. The van der Waals surface area contributed by atoms with Gasteiger partial charge in [-0.05, 0) is 19.1 Å². The van der Waals surface area contributed by atoms with Crippen molar-refractivity contribution in [3.8, 4) is 0 Å². The molecule has 0 unspecified atom stereocenters.